The van der Waals surface area contributed by atoms with Crippen LogP contribution in [0.2, 0.25) is 0 Å². The lowest BCUT2D eigenvalue weighted by molar-refractivity contribution is -0.384. The molecule has 0 heterocycles. The number of benzene rings is 1. The molecule has 1 rings (SSSR count). The first-order valence-corrected chi connectivity index (χ1v) is 6.15. The van der Waals surface area contributed by atoms with Crippen LogP contribution in [0, 0.1) is 10.1 Å². The molecule has 0 aromatic heterocycles. The van der Waals surface area contributed by atoms with Crippen molar-refractivity contribution in [3.05, 3.63) is 39.9 Å². The summed E-state index contributed by atoms with van der Waals surface area (Å²) in [7, 11) is 3.47. The van der Waals surface area contributed by atoms with E-state index in [-0.39, 0.29) is 11.6 Å². The van der Waals surface area contributed by atoms with Gasteiger partial charge in [0.2, 0.25) is 5.91 Å². The largest absolute Gasteiger partial charge is 0.349 e. The third kappa shape index (κ3) is 5.48. The van der Waals surface area contributed by atoms with E-state index in [4.69, 9.17) is 0 Å². The number of carbonyl (C=O) groups excluding carboxylic acids is 1. The summed E-state index contributed by atoms with van der Waals surface area (Å²) in [5, 5.41) is 13.7. The Morgan fingerprint density at radius 3 is 2.42 bits per heavy atom. The minimum atomic E-state index is -0.408. The molecule has 6 nitrogen and oxygen atoms in total. The zero-order chi connectivity index (χ0) is 14.3. The van der Waals surface area contributed by atoms with Gasteiger partial charge in [0, 0.05) is 39.2 Å². The zero-order valence-electron chi connectivity index (χ0n) is 11.3. The van der Waals surface area contributed by atoms with Crippen molar-refractivity contribution >= 4 is 11.6 Å². The number of amides is 1. The normalized spacial score (nSPS) is 10.2. The quantitative estimate of drug-likeness (QED) is 0.456. The molecule has 0 unspecified atom stereocenters. The number of carbonyl (C=O) groups is 1. The first-order chi connectivity index (χ1) is 9.00. The molecule has 0 radical (unpaired) electrons. The van der Waals surface area contributed by atoms with Gasteiger partial charge in [-0.3, -0.25) is 14.9 Å². The summed E-state index contributed by atoms with van der Waals surface area (Å²) in [6.07, 6.45) is 1.27. The molecule has 0 spiro atoms. The number of nitrogens with zero attached hydrogens (tertiary/aromatic N) is 2. The smallest absolute Gasteiger partial charge is 0.269 e. The van der Waals surface area contributed by atoms with Crippen LogP contribution < -0.4 is 5.32 Å². The standard InChI is InChI=1S/C13H19N3O3/c1-15(2)13(17)8-10-14-9-7-11-3-5-12(6-4-11)16(18)19/h3-6,14H,7-10H2,1-2H3. The molecule has 1 aromatic carbocycles. The maximum Gasteiger partial charge on any atom is 0.269 e. The fourth-order valence-corrected chi connectivity index (χ4v) is 1.56. The fraction of sp³-hybridized carbons (Fsp3) is 0.462. The van der Waals surface area contributed by atoms with Gasteiger partial charge in [-0.1, -0.05) is 12.1 Å². The van der Waals surface area contributed by atoms with Gasteiger partial charge in [-0.05, 0) is 18.5 Å². The third-order valence-corrected chi connectivity index (χ3v) is 2.75. The first kappa shape index (κ1) is 15.1. The lowest BCUT2D eigenvalue weighted by Gasteiger charge is -2.10. The molecular weight excluding hydrogens is 246 g/mol. The zero-order valence-corrected chi connectivity index (χ0v) is 11.3. The minimum Gasteiger partial charge on any atom is -0.349 e. The molecule has 0 bridgehead atoms. The first-order valence-electron chi connectivity index (χ1n) is 6.15. The van der Waals surface area contributed by atoms with Gasteiger partial charge >= 0.3 is 0 Å². The maximum atomic E-state index is 11.3. The molecule has 0 atom stereocenters. The molecule has 1 aromatic rings. The highest BCUT2D eigenvalue weighted by atomic mass is 16.6. The van der Waals surface area contributed by atoms with Crippen molar-refractivity contribution in [1.29, 1.82) is 0 Å². The second kappa shape index (κ2) is 7.48. The SMILES string of the molecule is CN(C)C(=O)CCNCCc1ccc([N+](=O)[O-])cc1. The third-order valence-electron chi connectivity index (χ3n) is 2.75. The topological polar surface area (TPSA) is 75.5 Å². The van der Waals surface area contributed by atoms with E-state index in [0.717, 1.165) is 18.5 Å². The lowest BCUT2D eigenvalue weighted by Crippen LogP contribution is -2.27. The molecule has 1 N–H and O–H groups in total. The maximum absolute atomic E-state index is 11.3. The van der Waals surface area contributed by atoms with E-state index in [1.54, 1.807) is 31.1 Å². The van der Waals surface area contributed by atoms with Gasteiger partial charge in [0.05, 0.1) is 4.92 Å². The van der Waals surface area contributed by atoms with Crippen LogP contribution in [0.1, 0.15) is 12.0 Å². The van der Waals surface area contributed by atoms with E-state index in [0.29, 0.717) is 13.0 Å². The Morgan fingerprint density at radius 1 is 1.26 bits per heavy atom. The predicted octanol–water partition coefficient (Wildman–Crippen LogP) is 1.21. The molecule has 0 saturated carbocycles. The van der Waals surface area contributed by atoms with Gasteiger partial charge in [0.25, 0.3) is 5.69 Å². The Labute approximate surface area is 112 Å². The van der Waals surface area contributed by atoms with E-state index in [2.05, 4.69) is 5.32 Å². The number of nitro benzene ring substituents is 1. The van der Waals surface area contributed by atoms with Crippen LogP contribution in [0.5, 0.6) is 0 Å². The van der Waals surface area contributed by atoms with Crippen molar-refractivity contribution in [2.24, 2.45) is 0 Å². The summed E-state index contributed by atoms with van der Waals surface area (Å²) in [5.41, 5.74) is 1.14. The molecule has 0 fully saturated rings. The van der Waals surface area contributed by atoms with E-state index in [1.165, 1.54) is 12.1 Å². The van der Waals surface area contributed by atoms with Crippen LogP contribution in [0.25, 0.3) is 0 Å². The van der Waals surface area contributed by atoms with E-state index in [1.807, 2.05) is 0 Å². The van der Waals surface area contributed by atoms with Crippen molar-refractivity contribution in [2.45, 2.75) is 12.8 Å². The van der Waals surface area contributed by atoms with Gasteiger partial charge < -0.3 is 10.2 Å². The van der Waals surface area contributed by atoms with Gasteiger partial charge in [0.15, 0.2) is 0 Å². The average molecular weight is 265 g/mol. The van der Waals surface area contributed by atoms with Crippen LogP contribution in [-0.4, -0.2) is 42.9 Å². The van der Waals surface area contributed by atoms with E-state index in [9.17, 15) is 14.9 Å². The Bertz CT molecular complexity index is 429. The Morgan fingerprint density at radius 2 is 1.89 bits per heavy atom. The molecule has 104 valence electrons. The molecule has 0 aliphatic carbocycles. The highest BCUT2D eigenvalue weighted by molar-refractivity contribution is 5.75. The van der Waals surface area contributed by atoms with Crippen LogP contribution in [0.15, 0.2) is 24.3 Å². The van der Waals surface area contributed by atoms with Crippen molar-refractivity contribution < 1.29 is 9.72 Å². The summed E-state index contributed by atoms with van der Waals surface area (Å²) in [4.78, 5) is 22.9. The number of non-ortho nitro benzene ring substituents is 1. The van der Waals surface area contributed by atoms with Gasteiger partial charge in [-0.25, -0.2) is 0 Å². The summed E-state index contributed by atoms with van der Waals surface area (Å²) in [5.74, 6) is 0.0998. The molecular formula is C13H19N3O3. The summed E-state index contributed by atoms with van der Waals surface area (Å²) >= 11 is 0. The van der Waals surface area contributed by atoms with Crippen LogP contribution in [0.3, 0.4) is 0 Å². The highest BCUT2D eigenvalue weighted by Crippen LogP contribution is 2.11. The lowest BCUT2D eigenvalue weighted by atomic mass is 10.1. The molecule has 6 heteroatoms. The highest BCUT2D eigenvalue weighted by Gasteiger charge is 2.04. The molecule has 0 aliphatic rings. The average Bonchev–Trinajstić information content (AvgIpc) is 2.38. The van der Waals surface area contributed by atoms with Crippen molar-refractivity contribution in [1.82, 2.24) is 10.2 Å². The van der Waals surface area contributed by atoms with Gasteiger partial charge in [-0.15, -0.1) is 0 Å². The fourth-order valence-electron chi connectivity index (χ4n) is 1.56. The monoisotopic (exact) mass is 265 g/mol. The Hall–Kier alpha value is -1.95. The van der Waals surface area contributed by atoms with Crippen molar-refractivity contribution in [3.8, 4) is 0 Å². The summed E-state index contributed by atoms with van der Waals surface area (Å²) in [6, 6.07) is 6.52. The van der Waals surface area contributed by atoms with Crippen LogP contribution >= 0.6 is 0 Å². The Kier molecular flexibility index (Phi) is 5.95. The summed E-state index contributed by atoms with van der Waals surface area (Å²) < 4.78 is 0. The Balaban J connectivity index is 2.22. The molecule has 0 saturated heterocycles. The second-order valence-electron chi connectivity index (χ2n) is 4.46. The number of hydrogen-bond acceptors (Lipinski definition) is 4. The van der Waals surface area contributed by atoms with Crippen molar-refractivity contribution in [2.75, 3.05) is 27.2 Å². The number of rotatable bonds is 7. The van der Waals surface area contributed by atoms with E-state index >= 15 is 0 Å². The molecule has 0 aliphatic heterocycles. The minimum absolute atomic E-state index is 0.0998. The molecule has 19 heavy (non-hydrogen) atoms. The van der Waals surface area contributed by atoms with Gasteiger partial charge in [-0.2, -0.15) is 0 Å². The predicted molar refractivity (Wildman–Crippen MR) is 73.0 cm³/mol. The second-order valence-corrected chi connectivity index (χ2v) is 4.46. The number of nitro groups is 1. The van der Waals surface area contributed by atoms with Crippen molar-refractivity contribution in [3.63, 3.8) is 0 Å². The van der Waals surface area contributed by atoms with Gasteiger partial charge in [0.1, 0.15) is 0 Å². The summed E-state index contributed by atoms with van der Waals surface area (Å²) in [6.45, 7) is 1.39. The van der Waals surface area contributed by atoms with E-state index < -0.39 is 4.92 Å². The van der Waals surface area contributed by atoms with Crippen LogP contribution in [0.4, 0.5) is 5.69 Å². The number of nitrogens with one attached hydrogen (secondary N) is 1. The van der Waals surface area contributed by atoms with Crippen LogP contribution in [-0.2, 0) is 11.2 Å². The molecule has 1 amide bonds. The number of hydrogen-bond donors (Lipinski definition) is 1.